The molecule has 0 saturated carbocycles. The van der Waals surface area contributed by atoms with Crippen molar-refractivity contribution >= 4 is 12.0 Å². The molecule has 0 radical (unpaired) electrons. The number of rotatable bonds is 6. The first-order chi connectivity index (χ1) is 8.58. The maximum absolute atomic E-state index is 10.7. The second-order valence-electron chi connectivity index (χ2n) is 4.91. The standard InChI is InChI=1S/C15H20N2O/c1-12(2)10-17(8-4-7-16)15-6-5-14(11-18)9-13(15)3/h5-6,9,11-12H,4,8,10H2,1-3H3. The first-order valence-corrected chi connectivity index (χ1v) is 6.26. The Morgan fingerprint density at radius 1 is 1.44 bits per heavy atom. The van der Waals surface area contributed by atoms with E-state index >= 15 is 0 Å². The van der Waals surface area contributed by atoms with Gasteiger partial charge in [0, 0.05) is 24.3 Å². The predicted octanol–water partition coefficient (Wildman–Crippen LogP) is 3.18. The number of aryl methyl sites for hydroxylation is 1. The molecule has 96 valence electrons. The molecule has 0 N–H and O–H groups in total. The third-order valence-electron chi connectivity index (χ3n) is 2.78. The van der Waals surface area contributed by atoms with Gasteiger partial charge in [0.05, 0.1) is 12.5 Å². The minimum Gasteiger partial charge on any atom is -0.370 e. The van der Waals surface area contributed by atoms with Gasteiger partial charge in [-0.25, -0.2) is 0 Å². The third-order valence-corrected chi connectivity index (χ3v) is 2.78. The number of benzene rings is 1. The van der Waals surface area contributed by atoms with Crippen molar-refractivity contribution in [1.82, 2.24) is 0 Å². The number of hydrogen-bond acceptors (Lipinski definition) is 3. The summed E-state index contributed by atoms with van der Waals surface area (Å²) in [5.74, 6) is 0.536. The van der Waals surface area contributed by atoms with Crippen molar-refractivity contribution in [1.29, 1.82) is 5.26 Å². The lowest BCUT2D eigenvalue weighted by Crippen LogP contribution is -2.29. The van der Waals surface area contributed by atoms with Gasteiger partial charge < -0.3 is 4.90 Å². The molecule has 0 saturated heterocycles. The number of anilines is 1. The summed E-state index contributed by atoms with van der Waals surface area (Å²) in [6.07, 6.45) is 1.38. The Hall–Kier alpha value is -1.82. The summed E-state index contributed by atoms with van der Waals surface area (Å²) in [5, 5.41) is 8.72. The van der Waals surface area contributed by atoms with Crippen LogP contribution in [0.3, 0.4) is 0 Å². The van der Waals surface area contributed by atoms with E-state index in [9.17, 15) is 4.79 Å². The molecule has 3 nitrogen and oxygen atoms in total. The summed E-state index contributed by atoms with van der Waals surface area (Å²) in [6.45, 7) is 7.98. The number of carbonyl (C=O) groups excluding carboxylic acids is 1. The molecule has 0 heterocycles. The lowest BCUT2D eigenvalue weighted by molar-refractivity contribution is 0.112. The maximum atomic E-state index is 10.7. The van der Waals surface area contributed by atoms with Crippen LogP contribution in [0.1, 0.15) is 36.2 Å². The van der Waals surface area contributed by atoms with Crippen molar-refractivity contribution in [3.8, 4) is 6.07 Å². The highest BCUT2D eigenvalue weighted by atomic mass is 16.1. The Balaban J connectivity index is 2.97. The van der Waals surface area contributed by atoms with Crippen LogP contribution in [-0.2, 0) is 0 Å². The van der Waals surface area contributed by atoms with Gasteiger partial charge in [0.15, 0.2) is 0 Å². The lowest BCUT2D eigenvalue weighted by atomic mass is 10.1. The van der Waals surface area contributed by atoms with E-state index in [1.165, 1.54) is 0 Å². The zero-order chi connectivity index (χ0) is 13.5. The summed E-state index contributed by atoms with van der Waals surface area (Å²) in [5.41, 5.74) is 2.89. The Kier molecular flexibility index (Phi) is 5.38. The smallest absolute Gasteiger partial charge is 0.150 e. The quantitative estimate of drug-likeness (QED) is 0.722. The maximum Gasteiger partial charge on any atom is 0.150 e. The molecule has 0 aromatic heterocycles. The molecule has 0 fully saturated rings. The molecule has 18 heavy (non-hydrogen) atoms. The van der Waals surface area contributed by atoms with E-state index in [1.54, 1.807) is 0 Å². The number of nitrogens with zero attached hydrogens (tertiary/aromatic N) is 2. The van der Waals surface area contributed by atoms with Crippen LogP contribution >= 0.6 is 0 Å². The van der Waals surface area contributed by atoms with E-state index in [-0.39, 0.29) is 0 Å². The van der Waals surface area contributed by atoms with Gasteiger partial charge in [-0.3, -0.25) is 4.79 Å². The second-order valence-corrected chi connectivity index (χ2v) is 4.91. The molecule has 3 heteroatoms. The van der Waals surface area contributed by atoms with Crippen molar-refractivity contribution in [2.45, 2.75) is 27.2 Å². The van der Waals surface area contributed by atoms with Crippen LogP contribution in [0.2, 0.25) is 0 Å². The Morgan fingerprint density at radius 2 is 2.17 bits per heavy atom. The molecule has 1 rings (SSSR count). The molecule has 0 amide bonds. The molecular formula is C15H20N2O. The van der Waals surface area contributed by atoms with Crippen molar-refractivity contribution < 1.29 is 4.79 Å². The van der Waals surface area contributed by atoms with Crippen LogP contribution < -0.4 is 4.90 Å². The van der Waals surface area contributed by atoms with Gasteiger partial charge >= 0.3 is 0 Å². The first kappa shape index (κ1) is 14.2. The van der Waals surface area contributed by atoms with Gasteiger partial charge in [-0.05, 0) is 36.6 Å². The molecule has 0 bridgehead atoms. The molecular weight excluding hydrogens is 224 g/mol. The van der Waals surface area contributed by atoms with E-state index in [2.05, 4.69) is 24.8 Å². The minimum absolute atomic E-state index is 0.515. The van der Waals surface area contributed by atoms with Crippen molar-refractivity contribution in [3.05, 3.63) is 29.3 Å². The van der Waals surface area contributed by atoms with E-state index in [0.717, 1.165) is 30.6 Å². The van der Waals surface area contributed by atoms with Crippen LogP contribution in [-0.4, -0.2) is 19.4 Å². The van der Waals surface area contributed by atoms with Crippen LogP contribution in [0.25, 0.3) is 0 Å². The Bertz CT molecular complexity index is 446. The average Bonchev–Trinajstić information content (AvgIpc) is 2.34. The van der Waals surface area contributed by atoms with Gasteiger partial charge in [0.2, 0.25) is 0 Å². The van der Waals surface area contributed by atoms with Crippen LogP contribution in [0.15, 0.2) is 18.2 Å². The largest absolute Gasteiger partial charge is 0.370 e. The Labute approximate surface area is 109 Å². The van der Waals surface area contributed by atoms with Crippen LogP contribution in [0.4, 0.5) is 5.69 Å². The fourth-order valence-corrected chi connectivity index (χ4v) is 2.04. The van der Waals surface area contributed by atoms with Gasteiger partial charge in [-0.1, -0.05) is 13.8 Å². The highest BCUT2D eigenvalue weighted by molar-refractivity contribution is 5.77. The van der Waals surface area contributed by atoms with E-state index in [0.29, 0.717) is 17.9 Å². The summed E-state index contributed by atoms with van der Waals surface area (Å²) >= 11 is 0. The van der Waals surface area contributed by atoms with Crippen molar-refractivity contribution in [2.24, 2.45) is 5.92 Å². The van der Waals surface area contributed by atoms with Gasteiger partial charge in [-0.15, -0.1) is 0 Å². The third kappa shape index (κ3) is 3.89. The van der Waals surface area contributed by atoms with Gasteiger partial charge in [-0.2, -0.15) is 5.26 Å². The minimum atomic E-state index is 0.515. The summed E-state index contributed by atoms with van der Waals surface area (Å²) in [7, 11) is 0. The predicted molar refractivity (Wildman–Crippen MR) is 73.8 cm³/mol. The number of carbonyl (C=O) groups is 1. The van der Waals surface area contributed by atoms with Crippen molar-refractivity contribution in [2.75, 3.05) is 18.0 Å². The van der Waals surface area contributed by atoms with Crippen LogP contribution in [0, 0.1) is 24.2 Å². The fourth-order valence-electron chi connectivity index (χ4n) is 2.04. The highest BCUT2D eigenvalue weighted by Gasteiger charge is 2.11. The van der Waals surface area contributed by atoms with Crippen LogP contribution in [0.5, 0.6) is 0 Å². The summed E-state index contributed by atoms with van der Waals surface area (Å²) < 4.78 is 0. The first-order valence-electron chi connectivity index (χ1n) is 6.26. The second kappa shape index (κ2) is 6.80. The fraction of sp³-hybridized carbons (Fsp3) is 0.467. The molecule has 0 spiro atoms. The molecule has 0 unspecified atom stereocenters. The zero-order valence-electron chi connectivity index (χ0n) is 11.3. The molecule has 0 aliphatic carbocycles. The van der Waals surface area contributed by atoms with Crippen molar-refractivity contribution in [3.63, 3.8) is 0 Å². The topological polar surface area (TPSA) is 44.1 Å². The van der Waals surface area contributed by atoms with Gasteiger partial charge in [0.1, 0.15) is 6.29 Å². The monoisotopic (exact) mass is 244 g/mol. The molecule has 0 atom stereocenters. The molecule has 1 aromatic rings. The summed E-state index contributed by atoms with van der Waals surface area (Å²) in [4.78, 5) is 13.0. The molecule has 1 aromatic carbocycles. The summed E-state index contributed by atoms with van der Waals surface area (Å²) in [6, 6.07) is 7.88. The zero-order valence-corrected chi connectivity index (χ0v) is 11.3. The molecule has 0 aliphatic rings. The number of hydrogen-bond donors (Lipinski definition) is 0. The van der Waals surface area contributed by atoms with E-state index in [4.69, 9.17) is 5.26 Å². The van der Waals surface area contributed by atoms with E-state index in [1.807, 2.05) is 25.1 Å². The molecule has 0 aliphatic heterocycles. The SMILES string of the molecule is Cc1cc(C=O)ccc1N(CCC#N)CC(C)C. The van der Waals surface area contributed by atoms with E-state index < -0.39 is 0 Å². The highest BCUT2D eigenvalue weighted by Crippen LogP contribution is 2.22. The number of nitriles is 1. The Morgan fingerprint density at radius 3 is 2.67 bits per heavy atom. The van der Waals surface area contributed by atoms with Gasteiger partial charge in [0.25, 0.3) is 0 Å². The number of aldehydes is 1. The average molecular weight is 244 g/mol. The normalized spacial score (nSPS) is 10.2. The lowest BCUT2D eigenvalue weighted by Gasteiger charge is -2.27.